The van der Waals surface area contributed by atoms with Crippen LogP contribution in [0.2, 0.25) is 0 Å². The number of benzene rings is 1. The molecule has 0 radical (unpaired) electrons. The molecule has 7 heteroatoms. The lowest BCUT2D eigenvalue weighted by atomic mass is 10.2. The van der Waals surface area contributed by atoms with Crippen molar-refractivity contribution in [1.82, 2.24) is 19.7 Å². The average Bonchev–Trinajstić information content (AvgIpc) is 3.05. The number of unbranched alkanes of at least 4 members (excludes halogenated alkanes) is 1. The number of fused-ring (bicyclic) bond motifs is 1. The molecular formula is C16H19N5OS. The molecule has 1 amide bonds. The van der Waals surface area contributed by atoms with Crippen molar-refractivity contribution < 1.29 is 4.79 Å². The smallest absolute Gasteiger partial charge is 0.225 e. The highest BCUT2D eigenvalue weighted by Crippen LogP contribution is 2.27. The first kappa shape index (κ1) is 15.6. The monoisotopic (exact) mass is 329 g/mol. The number of hydrogen-bond donors (Lipinski definition) is 1. The summed E-state index contributed by atoms with van der Waals surface area (Å²) < 4.78 is 3.02. The summed E-state index contributed by atoms with van der Waals surface area (Å²) in [7, 11) is 0. The van der Waals surface area contributed by atoms with Crippen molar-refractivity contribution in [1.29, 1.82) is 0 Å². The second-order valence-corrected chi connectivity index (χ2v) is 6.72. The molecule has 2 aromatic heterocycles. The Kier molecular flexibility index (Phi) is 4.38. The van der Waals surface area contributed by atoms with Gasteiger partial charge in [-0.15, -0.1) is 11.3 Å². The number of primary amides is 1. The van der Waals surface area contributed by atoms with Gasteiger partial charge in [-0.05, 0) is 31.5 Å². The van der Waals surface area contributed by atoms with Crippen molar-refractivity contribution in [3.05, 3.63) is 29.0 Å². The zero-order valence-electron chi connectivity index (χ0n) is 13.2. The summed E-state index contributed by atoms with van der Waals surface area (Å²) in [6.07, 6.45) is 2.13. The molecule has 0 atom stereocenters. The Labute approximate surface area is 138 Å². The molecule has 6 nitrogen and oxygen atoms in total. The Morgan fingerprint density at radius 1 is 1.35 bits per heavy atom. The molecule has 2 N–H and O–H groups in total. The van der Waals surface area contributed by atoms with Gasteiger partial charge in [-0.3, -0.25) is 4.79 Å². The second kappa shape index (κ2) is 6.45. The molecule has 0 aliphatic heterocycles. The topological polar surface area (TPSA) is 86.7 Å². The van der Waals surface area contributed by atoms with Gasteiger partial charge < -0.3 is 5.73 Å². The van der Waals surface area contributed by atoms with Gasteiger partial charge in [0.25, 0.3) is 0 Å². The zero-order chi connectivity index (χ0) is 16.4. The van der Waals surface area contributed by atoms with E-state index in [-0.39, 0.29) is 6.42 Å². The quantitative estimate of drug-likeness (QED) is 0.753. The number of rotatable bonds is 6. The average molecular weight is 329 g/mol. The number of nitrogens with zero attached hydrogens (tertiary/aromatic N) is 4. The molecule has 2 heterocycles. The van der Waals surface area contributed by atoms with Crippen LogP contribution in [-0.4, -0.2) is 25.7 Å². The van der Waals surface area contributed by atoms with E-state index >= 15 is 0 Å². The number of carbonyl (C=O) groups excluding carboxylic acids is 1. The standard InChI is InChI=1S/C16H19N5OS/c1-3-4-7-21-16(19-15(20-21)9-14(17)22)11-5-6-13-12(8-11)18-10(2)23-13/h5-6,8H,3-4,7,9H2,1-2H3,(H2,17,22). The first-order valence-corrected chi connectivity index (χ1v) is 8.48. The first-order chi connectivity index (χ1) is 11.1. The van der Waals surface area contributed by atoms with Gasteiger partial charge in [-0.25, -0.2) is 14.6 Å². The maximum Gasteiger partial charge on any atom is 0.225 e. The molecule has 120 valence electrons. The van der Waals surface area contributed by atoms with Crippen molar-refractivity contribution in [2.24, 2.45) is 5.73 Å². The minimum atomic E-state index is -0.422. The Bertz CT molecular complexity index is 851. The number of thiazole rings is 1. The third-order valence-electron chi connectivity index (χ3n) is 3.52. The molecule has 0 saturated heterocycles. The van der Waals surface area contributed by atoms with Crippen LogP contribution in [0.1, 0.15) is 30.6 Å². The van der Waals surface area contributed by atoms with Crippen LogP contribution in [0, 0.1) is 6.92 Å². The molecule has 0 spiro atoms. The molecule has 0 fully saturated rings. The van der Waals surface area contributed by atoms with Gasteiger partial charge in [-0.2, -0.15) is 5.10 Å². The summed E-state index contributed by atoms with van der Waals surface area (Å²) in [5.41, 5.74) is 7.19. The molecule has 0 aliphatic rings. The van der Waals surface area contributed by atoms with Gasteiger partial charge >= 0.3 is 0 Å². The molecular weight excluding hydrogens is 310 g/mol. The van der Waals surface area contributed by atoms with Crippen LogP contribution in [0.3, 0.4) is 0 Å². The highest BCUT2D eigenvalue weighted by atomic mass is 32.1. The van der Waals surface area contributed by atoms with Crippen LogP contribution in [0.5, 0.6) is 0 Å². The van der Waals surface area contributed by atoms with Crippen molar-refractivity contribution in [3.8, 4) is 11.4 Å². The number of aromatic nitrogens is 4. The van der Waals surface area contributed by atoms with E-state index in [9.17, 15) is 4.79 Å². The van der Waals surface area contributed by atoms with Gasteiger partial charge in [0.05, 0.1) is 21.6 Å². The maximum atomic E-state index is 11.1. The number of nitrogens with two attached hydrogens (primary N) is 1. The van der Waals surface area contributed by atoms with E-state index in [2.05, 4.69) is 28.1 Å². The second-order valence-electron chi connectivity index (χ2n) is 5.49. The summed E-state index contributed by atoms with van der Waals surface area (Å²) in [6, 6.07) is 6.11. The fourth-order valence-corrected chi connectivity index (χ4v) is 3.29. The molecule has 0 unspecified atom stereocenters. The Morgan fingerprint density at radius 2 is 2.17 bits per heavy atom. The van der Waals surface area contributed by atoms with Crippen molar-refractivity contribution in [2.45, 2.75) is 39.7 Å². The van der Waals surface area contributed by atoms with Gasteiger partial charge in [0.15, 0.2) is 11.6 Å². The molecule has 1 aromatic carbocycles. The Balaban J connectivity index is 2.03. The number of aryl methyl sites for hydroxylation is 2. The number of hydrogen-bond acceptors (Lipinski definition) is 5. The number of amides is 1. The lowest BCUT2D eigenvalue weighted by Crippen LogP contribution is -2.14. The highest BCUT2D eigenvalue weighted by Gasteiger charge is 2.14. The van der Waals surface area contributed by atoms with Crippen LogP contribution in [-0.2, 0) is 17.8 Å². The van der Waals surface area contributed by atoms with Crippen LogP contribution in [0.25, 0.3) is 21.6 Å². The Morgan fingerprint density at radius 3 is 2.91 bits per heavy atom. The fourth-order valence-electron chi connectivity index (χ4n) is 2.48. The minimum Gasteiger partial charge on any atom is -0.369 e. The summed E-state index contributed by atoms with van der Waals surface area (Å²) in [5, 5.41) is 5.48. The molecule has 23 heavy (non-hydrogen) atoms. The summed E-state index contributed by atoms with van der Waals surface area (Å²) in [5.74, 6) is 0.815. The largest absolute Gasteiger partial charge is 0.369 e. The van der Waals surface area contributed by atoms with Crippen LogP contribution >= 0.6 is 11.3 Å². The van der Waals surface area contributed by atoms with Crippen molar-refractivity contribution in [2.75, 3.05) is 0 Å². The van der Waals surface area contributed by atoms with E-state index in [1.165, 1.54) is 0 Å². The van der Waals surface area contributed by atoms with E-state index < -0.39 is 5.91 Å². The lowest BCUT2D eigenvalue weighted by molar-refractivity contribution is -0.117. The van der Waals surface area contributed by atoms with Crippen molar-refractivity contribution >= 4 is 27.5 Å². The molecule has 0 bridgehead atoms. The lowest BCUT2D eigenvalue weighted by Gasteiger charge is -2.05. The fraction of sp³-hybridized carbons (Fsp3) is 0.375. The third-order valence-corrected chi connectivity index (χ3v) is 4.48. The predicted octanol–water partition coefficient (Wildman–Crippen LogP) is 2.69. The van der Waals surface area contributed by atoms with Gasteiger partial charge in [0, 0.05) is 12.1 Å². The summed E-state index contributed by atoms with van der Waals surface area (Å²) in [6.45, 7) is 4.90. The summed E-state index contributed by atoms with van der Waals surface area (Å²) in [4.78, 5) is 20.2. The van der Waals surface area contributed by atoms with Crippen LogP contribution < -0.4 is 5.73 Å². The van der Waals surface area contributed by atoms with Gasteiger partial charge in [0.2, 0.25) is 5.91 Å². The van der Waals surface area contributed by atoms with E-state index in [1.807, 2.05) is 23.7 Å². The van der Waals surface area contributed by atoms with Crippen LogP contribution in [0.15, 0.2) is 18.2 Å². The van der Waals surface area contributed by atoms with Gasteiger partial charge in [0.1, 0.15) is 0 Å². The normalized spacial score (nSPS) is 11.2. The van der Waals surface area contributed by atoms with E-state index in [0.29, 0.717) is 5.82 Å². The Hall–Kier alpha value is -2.28. The minimum absolute atomic E-state index is 0.0597. The van der Waals surface area contributed by atoms with E-state index in [4.69, 9.17) is 5.73 Å². The predicted molar refractivity (Wildman–Crippen MR) is 91.2 cm³/mol. The SMILES string of the molecule is CCCCn1nc(CC(N)=O)nc1-c1ccc2sc(C)nc2c1. The van der Waals surface area contributed by atoms with Crippen molar-refractivity contribution in [3.63, 3.8) is 0 Å². The van der Waals surface area contributed by atoms with E-state index in [1.54, 1.807) is 11.3 Å². The zero-order valence-corrected chi connectivity index (χ0v) is 14.1. The number of carbonyl (C=O) groups is 1. The summed E-state index contributed by atoms with van der Waals surface area (Å²) >= 11 is 1.67. The maximum absolute atomic E-state index is 11.1. The third kappa shape index (κ3) is 3.39. The molecule has 0 aliphatic carbocycles. The van der Waals surface area contributed by atoms with Gasteiger partial charge in [-0.1, -0.05) is 13.3 Å². The molecule has 3 aromatic rings. The van der Waals surface area contributed by atoms with E-state index in [0.717, 1.165) is 46.0 Å². The first-order valence-electron chi connectivity index (χ1n) is 7.66. The molecule has 0 saturated carbocycles. The molecule has 3 rings (SSSR count). The van der Waals surface area contributed by atoms with Crippen LogP contribution in [0.4, 0.5) is 0 Å². The highest BCUT2D eigenvalue weighted by molar-refractivity contribution is 7.18.